The molecule has 0 aliphatic heterocycles. The first-order valence-corrected chi connectivity index (χ1v) is 14.3. The largest absolute Gasteiger partial charge is 0.508 e. The fourth-order valence-corrected chi connectivity index (χ4v) is 4.92. The molecule has 0 radical (unpaired) electrons. The number of aromatic hydroxyl groups is 3. The van der Waals surface area contributed by atoms with E-state index in [9.17, 15) is 24.3 Å². The molecule has 2 rings (SSSR count). The van der Waals surface area contributed by atoms with Crippen molar-refractivity contribution < 1.29 is 29.1 Å². The van der Waals surface area contributed by atoms with Crippen LogP contribution in [0.1, 0.15) is 84.0 Å². The third-order valence-corrected chi connectivity index (χ3v) is 7.31. The summed E-state index contributed by atoms with van der Waals surface area (Å²) in [5.74, 6) is -1.11. The number of carbonyl (C=O) groups excluding carboxylic acids is 1. The van der Waals surface area contributed by atoms with Crippen molar-refractivity contribution in [3.05, 3.63) is 60.7 Å². The SMILES string of the molecule is CCCCC/C=C\C/C=C\CCCCCCCC(=O)Oc1cc(O)ccc1S(=O)c1ccc(O)cc1O. The van der Waals surface area contributed by atoms with Gasteiger partial charge < -0.3 is 20.1 Å². The summed E-state index contributed by atoms with van der Waals surface area (Å²) in [6.07, 6.45) is 21.1. The number of hydrogen-bond donors (Lipinski definition) is 3. The van der Waals surface area contributed by atoms with Crippen molar-refractivity contribution in [3.8, 4) is 23.0 Å². The van der Waals surface area contributed by atoms with E-state index in [1.165, 1.54) is 56.0 Å². The van der Waals surface area contributed by atoms with Crippen LogP contribution < -0.4 is 4.74 Å². The van der Waals surface area contributed by atoms with Crippen molar-refractivity contribution in [2.75, 3.05) is 0 Å². The van der Waals surface area contributed by atoms with Crippen molar-refractivity contribution in [2.45, 2.75) is 93.8 Å². The third-order valence-electron chi connectivity index (χ3n) is 5.82. The van der Waals surface area contributed by atoms with E-state index in [0.29, 0.717) is 6.42 Å². The molecule has 2 aromatic carbocycles. The van der Waals surface area contributed by atoms with E-state index in [2.05, 4.69) is 31.2 Å². The van der Waals surface area contributed by atoms with Gasteiger partial charge in [-0.05, 0) is 62.8 Å². The molecule has 37 heavy (non-hydrogen) atoms. The van der Waals surface area contributed by atoms with E-state index in [-0.39, 0.29) is 39.2 Å². The van der Waals surface area contributed by atoms with Crippen LogP contribution in [0.25, 0.3) is 0 Å². The Bertz CT molecular complexity index is 1060. The number of ether oxygens (including phenoxy) is 1. The normalized spacial score (nSPS) is 12.4. The number of phenolic OH excluding ortho intramolecular Hbond substituents is 3. The molecule has 0 fully saturated rings. The first kappa shape index (κ1) is 30.2. The molecule has 2 aromatic rings. The smallest absolute Gasteiger partial charge is 0.311 e. The van der Waals surface area contributed by atoms with Crippen molar-refractivity contribution in [2.24, 2.45) is 0 Å². The van der Waals surface area contributed by atoms with E-state index >= 15 is 0 Å². The fraction of sp³-hybridized carbons (Fsp3) is 0.433. The van der Waals surface area contributed by atoms with Gasteiger partial charge in [0, 0.05) is 18.6 Å². The second-order valence-electron chi connectivity index (χ2n) is 9.01. The van der Waals surface area contributed by atoms with Crippen molar-refractivity contribution in [3.63, 3.8) is 0 Å². The number of rotatable bonds is 17. The number of unbranched alkanes of at least 4 members (excludes halogenated alkanes) is 8. The van der Waals surface area contributed by atoms with Gasteiger partial charge in [-0.1, -0.05) is 63.3 Å². The van der Waals surface area contributed by atoms with Gasteiger partial charge in [-0.2, -0.15) is 0 Å². The molecule has 0 heterocycles. The molecule has 7 heteroatoms. The van der Waals surface area contributed by atoms with Crippen LogP contribution in [0.15, 0.2) is 70.5 Å². The second kappa shape index (κ2) is 17.4. The van der Waals surface area contributed by atoms with Crippen molar-refractivity contribution in [1.29, 1.82) is 0 Å². The fourth-order valence-electron chi connectivity index (χ4n) is 3.77. The summed E-state index contributed by atoms with van der Waals surface area (Å²) >= 11 is 0. The predicted octanol–water partition coefficient (Wildman–Crippen LogP) is 7.69. The number of esters is 1. The van der Waals surface area contributed by atoms with E-state index in [1.54, 1.807) is 0 Å². The standard InChI is InChI=1S/C30H40O6S/c1-2-3-4-5-6-7-8-9-10-11-12-13-14-15-16-17-30(34)36-27-23-25(32)19-21-29(27)37(35)28-20-18-24(31)22-26(28)33/h6-7,9-10,18-23,31-33H,2-5,8,11-17H2,1H3/b7-6-,10-9-. The molecular weight excluding hydrogens is 488 g/mol. The zero-order chi connectivity index (χ0) is 26.9. The Morgan fingerprint density at radius 3 is 2.05 bits per heavy atom. The number of hydrogen-bond acceptors (Lipinski definition) is 6. The molecule has 0 saturated carbocycles. The highest BCUT2D eigenvalue weighted by atomic mass is 32.2. The van der Waals surface area contributed by atoms with Crippen LogP contribution in [0, 0.1) is 0 Å². The summed E-state index contributed by atoms with van der Waals surface area (Å²) in [4.78, 5) is 12.6. The van der Waals surface area contributed by atoms with Gasteiger partial charge in [0.25, 0.3) is 0 Å². The summed E-state index contributed by atoms with van der Waals surface area (Å²) in [6, 6.07) is 7.69. The lowest BCUT2D eigenvalue weighted by molar-refractivity contribution is -0.134. The van der Waals surface area contributed by atoms with Crippen LogP contribution >= 0.6 is 0 Å². The zero-order valence-electron chi connectivity index (χ0n) is 21.7. The molecule has 6 nitrogen and oxygen atoms in total. The van der Waals surface area contributed by atoms with Gasteiger partial charge in [0.05, 0.1) is 20.6 Å². The lowest BCUT2D eigenvalue weighted by Gasteiger charge is -2.11. The Hall–Kier alpha value is -3.06. The average Bonchev–Trinajstić information content (AvgIpc) is 2.86. The molecule has 0 aliphatic rings. The van der Waals surface area contributed by atoms with E-state index in [0.717, 1.165) is 44.6 Å². The van der Waals surface area contributed by atoms with Crippen LogP contribution in [0.5, 0.6) is 23.0 Å². The Morgan fingerprint density at radius 1 is 0.784 bits per heavy atom. The van der Waals surface area contributed by atoms with Crippen LogP contribution in [-0.2, 0) is 15.6 Å². The molecule has 0 saturated heterocycles. The van der Waals surface area contributed by atoms with Crippen LogP contribution in [0.2, 0.25) is 0 Å². The lowest BCUT2D eigenvalue weighted by Crippen LogP contribution is -2.09. The van der Waals surface area contributed by atoms with E-state index in [1.807, 2.05) is 0 Å². The minimum absolute atomic E-state index is 0.0154. The highest BCUT2D eigenvalue weighted by molar-refractivity contribution is 7.85. The highest BCUT2D eigenvalue weighted by Gasteiger charge is 2.19. The molecule has 202 valence electrons. The van der Waals surface area contributed by atoms with Gasteiger partial charge in [-0.25, -0.2) is 4.21 Å². The van der Waals surface area contributed by atoms with Gasteiger partial charge >= 0.3 is 5.97 Å². The maximum atomic E-state index is 13.0. The van der Waals surface area contributed by atoms with Gasteiger partial charge in [0.15, 0.2) is 5.75 Å². The number of allylic oxidation sites excluding steroid dienone is 4. The van der Waals surface area contributed by atoms with Gasteiger partial charge in [0.1, 0.15) is 17.2 Å². The Morgan fingerprint density at radius 2 is 1.38 bits per heavy atom. The van der Waals surface area contributed by atoms with Gasteiger partial charge in [0.2, 0.25) is 0 Å². The summed E-state index contributed by atoms with van der Waals surface area (Å²) < 4.78 is 18.4. The number of phenols is 3. The Labute approximate surface area is 223 Å². The second-order valence-corrected chi connectivity index (χ2v) is 10.4. The quantitative estimate of drug-likeness (QED) is 0.0841. The maximum absolute atomic E-state index is 13.0. The summed E-state index contributed by atoms with van der Waals surface area (Å²) in [5.41, 5.74) is 0. The molecule has 0 aliphatic carbocycles. The first-order chi connectivity index (χ1) is 17.9. The van der Waals surface area contributed by atoms with E-state index in [4.69, 9.17) is 4.74 Å². The molecular formula is C30H40O6S. The Balaban J connectivity index is 1.69. The molecule has 3 N–H and O–H groups in total. The first-order valence-electron chi connectivity index (χ1n) is 13.2. The zero-order valence-corrected chi connectivity index (χ0v) is 22.5. The van der Waals surface area contributed by atoms with Gasteiger partial charge in [-0.3, -0.25) is 4.79 Å². The minimum Gasteiger partial charge on any atom is -0.508 e. The lowest BCUT2D eigenvalue weighted by atomic mass is 10.1. The molecule has 0 bridgehead atoms. The molecule has 1 unspecified atom stereocenters. The maximum Gasteiger partial charge on any atom is 0.311 e. The molecule has 0 spiro atoms. The summed E-state index contributed by atoms with van der Waals surface area (Å²) in [5, 5.41) is 29.3. The Kier molecular flexibility index (Phi) is 14.2. The number of benzene rings is 2. The predicted molar refractivity (Wildman–Crippen MR) is 148 cm³/mol. The molecule has 1 atom stereocenters. The summed E-state index contributed by atoms with van der Waals surface area (Å²) in [7, 11) is -1.88. The molecule has 0 amide bonds. The van der Waals surface area contributed by atoms with Crippen LogP contribution in [-0.4, -0.2) is 25.5 Å². The summed E-state index contributed by atoms with van der Waals surface area (Å²) in [6.45, 7) is 2.22. The van der Waals surface area contributed by atoms with Gasteiger partial charge in [-0.15, -0.1) is 0 Å². The minimum atomic E-state index is -1.88. The average molecular weight is 529 g/mol. The van der Waals surface area contributed by atoms with Crippen LogP contribution in [0.4, 0.5) is 0 Å². The van der Waals surface area contributed by atoms with Crippen LogP contribution in [0.3, 0.4) is 0 Å². The monoisotopic (exact) mass is 528 g/mol. The highest BCUT2D eigenvalue weighted by Crippen LogP contribution is 2.34. The third kappa shape index (κ3) is 11.7. The topological polar surface area (TPSA) is 104 Å². The molecule has 0 aromatic heterocycles. The van der Waals surface area contributed by atoms with E-state index < -0.39 is 16.8 Å². The van der Waals surface area contributed by atoms with Crippen molar-refractivity contribution in [1.82, 2.24) is 0 Å². The number of carbonyl (C=O) groups is 1. The van der Waals surface area contributed by atoms with Crippen molar-refractivity contribution >= 4 is 16.8 Å².